The number of esters is 1. The first-order valence-corrected chi connectivity index (χ1v) is 8.67. The first kappa shape index (κ1) is 18.3. The highest BCUT2D eigenvalue weighted by molar-refractivity contribution is 8.18. The van der Waals surface area contributed by atoms with Crippen molar-refractivity contribution in [2.75, 3.05) is 6.54 Å². The second-order valence-electron chi connectivity index (χ2n) is 5.88. The SMILES string of the molecule is CCn1c(C)cc(/C=C2\SC(=O)N(CC(=O)OC(C)C)C2=O)c1C. The molecule has 0 bridgehead atoms. The molecule has 2 amide bonds. The van der Waals surface area contributed by atoms with Crippen LogP contribution in [0.2, 0.25) is 0 Å². The van der Waals surface area contributed by atoms with Gasteiger partial charge in [0, 0.05) is 17.9 Å². The van der Waals surface area contributed by atoms with Crippen molar-refractivity contribution in [3.8, 4) is 0 Å². The summed E-state index contributed by atoms with van der Waals surface area (Å²) in [6, 6.07) is 1.99. The van der Waals surface area contributed by atoms with Gasteiger partial charge < -0.3 is 9.30 Å². The summed E-state index contributed by atoms with van der Waals surface area (Å²) in [5, 5.41) is -0.448. The van der Waals surface area contributed by atoms with Crippen LogP contribution in [0.25, 0.3) is 6.08 Å². The van der Waals surface area contributed by atoms with E-state index < -0.39 is 17.1 Å². The van der Waals surface area contributed by atoms with Crippen molar-refractivity contribution >= 4 is 35.0 Å². The molecule has 1 aliphatic heterocycles. The molecule has 2 rings (SSSR count). The van der Waals surface area contributed by atoms with Crippen LogP contribution in [0.3, 0.4) is 0 Å². The number of aromatic nitrogens is 1. The Labute approximate surface area is 145 Å². The van der Waals surface area contributed by atoms with Gasteiger partial charge in [-0.05, 0) is 64.1 Å². The van der Waals surface area contributed by atoms with Crippen LogP contribution in [-0.2, 0) is 20.9 Å². The Balaban J connectivity index is 2.21. The molecule has 24 heavy (non-hydrogen) atoms. The van der Waals surface area contributed by atoms with Crippen molar-refractivity contribution in [3.05, 3.63) is 27.9 Å². The van der Waals surface area contributed by atoms with E-state index in [4.69, 9.17) is 4.74 Å². The van der Waals surface area contributed by atoms with Crippen LogP contribution in [0.4, 0.5) is 4.79 Å². The average molecular weight is 350 g/mol. The predicted molar refractivity (Wildman–Crippen MR) is 93.5 cm³/mol. The number of aryl methyl sites for hydroxylation is 1. The molecule has 0 spiro atoms. The van der Waals surface area contributed by atoms with Crippen LogP contribution in [-0.4, -0.2) is 39.2 Å². The standard InChI is InChI=1S/C17H22N2O4S/c1-6-18-11(4)7-13(12(18)5)8-14-16(21)19(17(22)24-14)9-15(20)23-10(2)3/h7-8,10H,6,9H2,1-5H3/b14-8-. The van der Waals surface area contributed by atoms with Gasteiger partial charge in [0.2, 0.25) is 0 Å². The van der Waals surface area contributed by atoms with Crippen molar-refractivity contribution in [2.24, 2.45) is 0 Å². The number of hydrogen-bond donors (Lipinski definition) is 0. The predicted octanol–water partition coefficient (Wildman–Crippen LogP) is 3.11. The lowest BCUT2D eigenvalue weighted by Crippen LogP contribution is -2.35. The second-order valence-corrected chi connectivity index (χ2v) is 6.87. The van der Waals surface area contributed by atoms with E-state index in [1.165, 1.54) is 0 Å². The summed E-state index contributed by atoms with van der Waals surface area (Å²) in [4.78, 5) is 37.4. The zero-order valence-corrected chi connectivity index (χ0v) is 15.4. The fraction of sp³-hybridized carbons (Fsp3) is 0.471. The fourth-order valence-electron chi connectivity index (χ4n) is 2.67. The Morgan fingerprint density at radius 1 is 1.33 bits per heavy atom. The molecule has 130 valence electrons. The lowest BCUT2D eigenvalue weighted by atomic mass is 10.2. The highest BCUT2D eigenvalue weighted by Gasteiger charge is 2.37. The molecule has 1 aromatic rings. The number of thioether (sulfide) groups is 1. The minimum Gasteiger partial charge on any atom is -0.462 e. The van der Waals surface area contributed by atoms with Gasteiger partial charge in [-0.25, -0.2) is 0 Å². The number of nitrogens with zero attached hydrogens (tertiary/aromatic N) is 2. The molecular formula is C17H22N2O4S. The normalized spacial score (nSPS) is 16.6. The Morgan fingerprint density at radius 2 is 2.00 bits per heavy atom. The van der Waals surface area contributed by atoms with Crippen molar-refractivity contribution in [1.29, 1.82) is 0 Å². The Hall–Kier alpha value is -2.02. The van der Waals surface area contributed by atoms with Gasteiger partial charge in [0.1, 0.15) is 6.54 Å². The van der Waals surface area contributed by atoms with Gasteiger partial charge in [-0.1, -0.05) is 0 Å². The van der Waals surface area contributed by atoms with E-state index in [1.54, 1.807) is 19.9 Å². The zero-order chi connectivity index (χ0) is 18.0. The number of carbonyl (C=O) groups excluding carboxylic acids is 3. The molecule has 0 saturated carbocycles. The van der Waals surface area contributed by atoms with Gasteiger partial charge in [-0.2, -0.15) is 0 Å². The topological polar surface area (TPSA) is 68.6 Å². The van der Waals surface area contributed by atoms with Gasteiger partial charge in [0.15, 0.2) is 0 Å². The van der Waals surface area contributed by atoms with Crippen LogP contribution >= 0.6 is 11.8 Å². The van der Waals surface area contributed by atoms with Crippen molar-refractivity contribution in [1.82, 2.24) is 9.47 Å². The fourth-order valence-corrected chi connectivity index (χ4v) is 3.50. The molecule has 1 fully saturated rings. The monoisotopic (exact) mass is 350 g/mol. The van der Waals surface area contributed by atoms with E-state index in [1.807, 2.05) is 19.9 Å². The maximum absolute atomic E-state index is 12.4. The number of amides is 2. The van der Waals surface area contributed by atoms with E-state index in [-0.39, 0.29) is 12.6 Å². The van der Waals surface area contributed by atoms with Gasteiger partial charge >= 0.3 is 5.97 Å². The third-order valence-electron chi connectivity index (χ3n) is 3.74. The molecule has 0 aromatic carbocycles. The first-order chi connectivity index (χ1) is 11.2. The summed E-state index contributed by atoms with van der Waals surface area (Å²) >= 11 is 0.850. The first-order valence-electron chi connectivity index (χ1n) is 7.86. The molecule has 2 heterocycles. The van der Waals surface area contributed by atoms with Crippen LogP contribution in [0, 0.1) is 13.8 Å². The molecule has 1 aromatic heterocycles. The summed E-state index contributed by atoms with van der Waals surface area (Å²) in [5.41, 5.74) is 3.05. The lowest BCUT2D eigenvalue weighted by Gasteiger charge is -2.13. The molecule has 0 unspecified atom stereocenters. The molecule has 6 nitrogen and oxygen atoms in total. The molecular weight excluding hydrogens is 328 g/mol. The highest BCUT2D eigenvalue weighted by Crippen LogP contribution is 2.33. The van der Waals surface area contributed by atoms with E-state index >= 15 is 0 Å². The Kier molecular flexibility index (Phi) is 5.54. The molecule has 0 N–H and O–H groups in total. The van der Waals surface area contributed by atoms with Crippen LogP contribution in [0.1, 0.15) is 37.7 Å². The van der Waals surface area contributed by atoms with E-state index in [0.29, 0.717) is 4.91 Å². The smallest absolute Gasteiger partial charge is 0.326 e. The molecule has 7 heteroatoms. The van der Waals surface area contributed by atoms with Crippen LogP contribution < -0.4 is 0 Å². The highest BCUT2D eigenvalue weighted by atomic mass is 32.2. The van der Waals surface area contributed by atoms with Crippen LogP contribution in [0.5, 0.6) is 0 Å². The number of carbonyl (C=O) groups is 3. The zero-order valence-electron chi connectivity index (χ0n) is 14.6. The van der Waals surface area contributed by atoms with Gasteiger partial charge in [-0.15, -0.1) is 0 Å². The molecule has 0 radical (unpaired) electrons. The Bertz CT molecular complexity index is 718. The van der Waals surface area contributed by atoms with Crippen molar-refractivity contribution < 1.29 is 19.1 Å². The quantitative estimate of drug-likeness (QED) is 0.603. The van der Waals surface area contributed by atoms with Gasteiger partial charge in [-0.3, -0.25) is 19.3 Å². The van der Waals surface area contributed by atoms with Crippen molar-refractivity contribution in [2.45, 2.75) is 47.3 Å². The molecule has 0 aliphatic carbocycles. The minimum atomic E-state index is -0.585. The largest absolute Gasteiger partial charge is 0.462 e. The Morgan fingerprint density at radius 3 is 2.54 bits per heavy atom. The number of rotatable bonds is 5. The number of hydrogen-bond acceptors (Lipinski definition) is 5. The summed E-state index contributed by atoms with van der Waals surface area (Å²) in [6.45, 7) is 9.96. The van der Waals surface area contributed by atoms with E-state index in [9.17, 15) is 14.4 Å². The average Bonchev–Trinajstić information content (AvgIpc) is 2.89. The van der Waals surface area contributed by atoms with Gasteiger partial charge in [0.05, 0.1) is 11.0 Å². The summed E-state index contributed by atoms with van der Waals surface area (Å²) in [7, 11) is 0. The summed E-state index contributed by atoms with van der Waals surface area (Å²) < 4.78 is 7.13. The van der Waals surface area contributed by atoms with Crippen LogP contribution in [0.15, 0.2) is 11.0 Å². The number of ether oxygens (including phenoxy) is 1. The summed E-state index contributed by atoms with van der Waals surface area (Å²) in [6.07, 6.45) is 1.43. The number of imide groups is 1. The maximum atomic E-state index is 12.4. The minimum absolute atomic E-state index is 0.285. The van der Waals surface area contributed by atoms with Crippen molar-refractivity contribution in [3.63, 3.8) is 0 Å². The second kappa shape index (κ2) is 7.25. The molecule has 1 aliphatic rings. The molecule has 0 atom stereocenters. The third-order valence-corrected chi connectivity index (χ3v) is 4.65. The lowest BCUT2D eigenvalue weighted by molar-refractivity contribution is -0.149. The summed E-state index contributed by atoms with van der Waals surface area (Å²) in [5.74, 6) is -1.04. The van der Waals surface area contributed by atoms with E-state index in [0.717, 1.165) is 40.2 Å². The third kappa shape index (κ3) is 3.72. The molecule has 1 saturated heterocycles. The maximum Gasteiger partial charge on any atom is 0.326 e. The van der Waals surface area contributed by atoms with Gasteiger partial charge in [0.25, 0.3) is 11.1 Å². The van der Waals surface area contributed by atoms with E-state index in [2.05, 4.69) is 11.5 Å².